The highest BCUT2D eigenvalue weighted by Crippen LogP contribution is 2.67. The van der Waals surface area contributed by atoms with Gasteiger partial charge >= 0.3 is 5.97 Å². The van der Waals surface area contributed by atoms with Gasteiger partial charge in [0.2, 0.25) is 0 Å². The summed E-state index contributed by atoms with van der Waals surface area (Å²) in [5.74, 6) is 3.24. The van der Waals surface area contributed by atoms with Crippen LogP contribution in [0, 0.1) is 46.3 Å². The van der Waals surface area contributed by atoms with Crippen molar-refractivity contribution in [3.63, 3.8) is 0 Å². The molecule has 7 unspecified atom stereocenters. The lowest BCUT2D eigenvalue weighted by molar-refractivity contribution is -0.157. The maximum absolute atomic E-state index is 13.6. The minimum atomic E-state index is -0.708. The molecule has 4 saturated carbocycles. The van der Waals surface area contributed by atoms with Crippen LogP contribution in [0.15, 0.2) is 0 Å². The number of carboxylic acids is 1. The second-order valence-electron chi connectivity index (χ2n) is 10.9. The third-order valence-electron chi connectivity index (χ3n) is 10.0. The molecule has 8 atom stereocenters. The Morgan fingerprint density at radius 1 is 1.11 bits per heavy atom. The summed E-state index contributed by atoms with van der Waals surface area (Å²) >= 11 is 0. The number of carbonyl (C=O) groups is 2. The molecule has 27 heavy (non-hydrogen) atoms. The number of hydrogen-bond donors (Lipinski definition) is 1. The fraction of sp³-hybridized carbons (Fsp3) is 0.917. The van der Waals surface area contributed by atoms with Gasteiger partial charge in [-0.2, -0.15) is 0 Å². The third kappa shape index (κ3) is 2.90. The van der Waals surface area contributed by atoms with Crippen molar-refractivity contribution in [1.29, 1.82) is 0 Å². The number of fused-ring (bicyclic) bond motifs is 5. The first-order valence-electron chi connectivity index (χ1n) is 11.5. The highest BCUT2D eigenvalue weighted by molar-refractivity contribution is 5.87. The van der Waals surface area contributed by atoms with E-state index in [2.05, 4.69) is 20.8 Å². The maximum Gasteiger partial charge on any atom is 0.303 e. The summed E-state index contributed by atoms with van der Waals surface area (Å²) < 4.78 is 0. The molecule has 0 saturated heterocycles. The quantitative estimate of drug-likeness (QED) is 0.685. The second-order valence-corrected chi connectivity index (χ2v) is 10.9. The third-order valence-corrected chi connectivity index (χ3v) is 10.0. The maximum atomic E-state index is 13.6. The summed E-state index contributed by atoms with van der Waals surface area (Å²) in [4.78, 5) is 24.6. The minimum absolute atomic E-state index is 0.197. The molecule has 0 aliphatic heterocycles. The van der Waals surface area contributed by atoms with E-state index in [1.54, 1.807) is 0 Å². The molecular weight excluding hydrogens is 336 g/mol. The van der Waals surface area contributed by atoms with Gasteiger partial charge in [-0.25, -0.2) is 0 Å². The lowest BCUT2D eigenvalue weighted by Gasteiger charge is -2.60. The molecule has 3 nitrogen and oxygen atoms in total. The van der Waals surface area contributed by atoms with E-state index in [1.807, 2.05) is 0 Å². The fourth-order valence-corrected chi connectivity index (χ4v) is 8.50. The number of carbonyl (C=O) groups excluding carboxylic acids is 1. The summed E-state index contributed by atoms with van der Waals surface area (Å²) in [6.07, 6.45) is 12.2. The van der Waals surface area contributed by atoms with E-state index < -0.39 is 5.97 Å². The van der Waals surface area contributed by atoms with Gasteiger partial charge in [-0.1, -0.05) is 33.6 Å². The van der Waals surface area contributed by atoms with Crippen LogP contribution in [-0.2, 0) is 9.59 Å². The molecule has 0 heterocycles. The molecule has 0 amide bonds. The van der Waals surface area contributed by atoms with Crippen LogP contribution in [0.3, 0.4) is 0 Å². The lowest BCUT2D eigenvalue weighted by Crippen LogP contribution is -2.56. The van der Waals surface area contributed by atoms with Crippen molar-refractivity contribution in [3.05, 3.63) is 0 Å². The molecule has 0 spiro atoms. The molecule has 152 valence electrons. The molecule has 0 aromatic rings. The van der Waals surface area contributed by atoms with Crippen molar-refractivity contribution >= 4 is 11.8 Å². The van der Waals surface area contributed by atoms with E-state index in [9.17, 15) is 9.59 Å². The molecule has 0 bridgehead atoms. The molecule has 4 fully saturated rings. The number of Topliss-reactive ketones (excluding diaryl/α,β-unsaturated/α-hetero) is 1. The van der Waals surface area contributed by atoms with Crippen LogP contribution in [0.5, 0.6) is 0 Å². The van der Waals surface area contributed by atoms with Crippen molar-refractivity contribution in [1.82, 2.24) is 0 Å². The Labute approximate surface area is 164 Å². The van der Waals surface area contributed by atoms with Crippen LogP contribution in [0.2, 0.25) is 0 Å². The zero-order valence-corrected chi connectivity index (χ0v) is 17.5. The summed E-state index contributed by atoms with van der Waals surface area (Å²) in [7, 11) is 0. The van der Waals surface area contributed by atoms with Gasteiger partial charge in [0.25, 0.3) is 0 Å². The molecular formula is C24H38O3. The summed E-state index contributed by atoms with van der Waals surface area (Å²) in [6.45, 7) is 6.98. The SMILES string of the molecule is C[C@H](CCC(=O)O)C1CCC2C3CCC4CCCCC4(C)C3CC(=O)C21C. The van der Waals surface area contributed by atoms with Crippen molar-refractivity contribution in [2.75, 3.05) is 0 Å². The first-order valence-corrected chi connectivity index (χ1v) is 11.5. The summed E-state index contributed by atoms with van der Waals surface area (Å²) in [5.41, 5.74) is 0.197. The number of aliphatic carboxylic acids is 1. The Hall–Kier alpha value is -0.860. The first-order chi connectivity index (χ1) is 12.8. The molecule has 0 radical (unpaired) electrons. The standard InChI is InChI=1S/C24H38O3/c1-15(7-12-22(26)27)18-10-11-19-17-9-8-16-6-4-5-13-23(16,2)20(17)14-21(25)24(18,19)3/h15-20H,4-14H2,1-3H3,(H,26,27)/t15-,16?,17?,18?,19?,20?,23?,24?/m1/s1. The van der Waals surface area contributed by atoms with Crippen molar-refractivity contribution in [2.24, 2.45) is 46.3 Å². The van der Waals surface area contributed by atoms with E-state index >= 15 is 0 Å². The van der Waals surface area contributed by atoms with E-state index in [4.69, 9.17) is 5.11 Å². The summed E-state index contributed by atoms with van der Waals surface area (Å²) in [5, 5.41) is 9.08. The number of ketones is 1. The van der Waals surface area contributed by atoms with E-state index in [-0.39, 0.29) is 11.8 Å². The van der Waals surface area contributed by atoms with Gasteiger partial charge in [0, 0.05) is 18.3 Å². The Morgan fingerprint density at radius 2 is 1.89 bits per heavy atom. The zero-order chi connectivity index (χ0) is 19.4. The molecule has 4 rings (SSSR count). The van der Waals surface area contributed by atoms with Crippen molar-refractivity contribution < 1.29 is 14.7 Å². The molecule has 4 aliphatic carbocycles. The van der Waals surface area contributed by atoms with Gasteiger partial charge < -0.3 is 5.11 Å². The van der Waals surface area contributed by atoms with Crippen LogP contribution in [0.25, 0.3) is 0 Å². The molecule has 3 heteroatoms. The minimum Gasteiger partial charge on any atom is -0.481 e. The van der Waals surface area contributed by atoms with E-state index in [0.29, 0.717) is 41.3 Å². The number of hydrogen-bond acceptors (Lipinski definition) is 2. The lowest BCUT2D eigenvalue weighted by atomic mass is 9.44. The Kier molecular flexibility index (Phi) is 4.96. The van der Waals surface area contributed by atoms with Gasteiger partial charge in [0.1, 0.15) is 5.78 Å². The van der Waals surface area contributed by atoms with E-state index in [1.165, 1.54) is 44.9 Å². The van der Waals surface area contributed by atoms with Crippen molar-refractivity contribution in [2.45, 2.75) is 91.4 Å². The Bertz CT molecular complexity index is 613. The highest BCUT2D eigenvalue weighted by Gasteiger charge is 2.63. The average Bonchev–Trinajstić information content (AvgIpc) is 2.99. The normalized spacial score (nSPS) is 47.7. The highest BCUT2D eigenvalue weighted by atomic mass is 16.4. The molecule has 0 aromatic heterocycles. The topological polar surface area (TPSA) is 54.4 Å². The first kappa shape index (κ1) is 19.5. The zero-order valence-electron chi connectivity index (χ0n) is 17.5. The van der Waals surface area contributed by atoms with Gasteiger partial charge in [0.05, 0.1) is 0 Å². The number of rotatable bonds is 4. The van der Waals surface area contributed by atoms with Crippen molar-refractivity contribution in [3.8, 4) is 0 Å². The van der Waals surface area contributed by atoms with Crippen LogP contribution in [0.1, 0.15) is 91.4 Å². The van der Waals surface area contributed by atoms with Gasteiger partial charge in [-0.15, -0.1) is 0 Å². The largest absolute Gasteiger partial charge is 0.481 e. The predicted molar refractivity (Wildman–Crippen MR) is 106 cm³/mol. The van der Waals surface area contributed by atoms with Crippen LogP contribution in [0.4, 0.5) is 0 Å². The Balaban J connectivity index is 1.58. The predicted octanol–water partition coefficient (Wildman–Crippen LogP) is 5.72. The smallest absolute Gasteiger partial charge is 0.303 e. The van der Waals surface area contributed by atoms with Gasteiger partial charge in [-0.3, -0.25) is 9.59 Å². The van der Waals surface area contributed by atoms with Gasteiger partial charge in [-0.05, 0) is 85.9 Å². The van der Waals surface area contributed by atoms with Crippen LogP contribution >= 0.6 is 0 Å². The van der Waals surface area contributed by atoms with Crippen LogP contribution in [-0.4, -0.2) is 16.9 Å². The molecule has 0 aromatic carbocycles. The van der Waals surface area contributed by atoms with Gasteiger partial charge in [0.15, 0.2) is 0 Å². The Morgan fingerprint density at radius 3 is 2.63 bits per heavy atom. The molecule has 1 N–H and O–H groups in total. The monoisotopic (exact) mass is 374 g/mol. The number of carboxylic acid groups (broad SMARTS) is 1. The average molecular weight is 375 g/mol. The van der Waals surface area contributed by atoms with E-state index in [0.717, 1.165) is 24.7 Å². The fourth-order valence-electron chi connectivity index (χ4n) is 8.50. The molecule has 4 aliphatic rings. The summed E-state index contributed by atoms with van der Waals surface area (Å²) in [6, 6.07) is 0. The van der Waals surface area contributed by atoms with Crippen LogP contribution < -0.4 is 0 Å². The second kappa shape index (κ2) is 6.88.